The second-order valence-electron chi connectivity index (χ2n) is 5.74. The fraction of sp³-hybridized carbons (Fsp3) is 0.533. The van der Waals surface area contributed by atoms with Crippen LogP contribution >= 0.6 is 0 Å². The molecule has 0 aliphatic heterocycles. The summed E-state index contributed by atoms with van der Waals surface area (Å²) in [5.74, 6) is -0.428. The van der Waals surface area contributed by atoms with Gasteiger partial charge in [-0.25, -0.2) is 0 Å². The molecule has 1 aromatic carbocycles. The van der Waals surface area contributed by atoms with Crippen LogP contribution in [0.1, 0.15) is 39.2 Å². The summed E-state index contributed by atoms with van der Waals surface area (Å²) < 4.78 is 5.40. The average molecular weight is 249 g/mol. The molecule has 3 heteroatoms. The highest BCUT2D eigenvalue weighted by Crippen LogP contribution is 2.23. The summed E-state index contributed by atoms with van der Waals surface area (Å²) >= 11 is 0. The van der Waals surface area contributed by atoms with Gasteiger partial charge in [0.05, 0.1) is 5.92 Å². The van der Waals surface area contributed by atoms with Crippen LogP contribution in [0, 0.1) is 0 Å². The number of nitrogens with zero attached hydrogens (tertiary/aromatic N) is 1. The minimum absolute atomic E-state index is 0.182. The van der Waals surface area contributed by atoms with E-state index >= 15 is 0 Å². The Morgan fingerprint density at radius 2 is 1.89 bits per heavy atom. The van der Waals surface area contributed by atoms with Gasteiger partial charge in [-0.1, -0.05) is 12.1 Å². The summed E-state index contributed by atoms with van der Waals surface area (Å²) in [4.78, 5) is 14.0. The van der Waals surface area contributed by atoms with E-state index in [1.165, 1.54) is 0 Å². The van der Waals surface area contributed by atoms with Crippen molar-refractivity contribution in [2.45, 2.75) is 39.2 Å². The Balaban J connectivity index is 2.87. The Morgan fingerprint density at radius 1 is 1.28 bits per heavy atom. The van der Waals surface area contributed by atoms with Crippen molar-refractivity contribution in [3.05, 3.63) is 29.8 Å². The van der Waals surface area contributed by atoms with Crippen LogP contribution in [0.4, 0.5) is 5.69 Å². The van der Waals surface area contributed by atoms with E-state index in [0.29, 0.717) is 0 Å². The van der Waals surface area contributed by atoms with Gasteiger partial charge < -0.3 is 9.64 Å². The Bertz CT molecular complexity index is 419. The highest BCUT2D eigenvalue weighted by Gasteiger charge is 2.23. The molecule has 1 unspecified atom stereocenters. The van der Waals surface area contributed by atoms with Crippen LogP contribution < -0.4 is 4.90 Å². The van der Waals surface area contributed by atoms with Crippen molar-refractivity contribution in [1.82, 2.24) is 0 Å². The molecule has 1 aromatic rings. The molecule has 0 saturated carbocycles. The second-order valence-corrected chi connectivity index (χ2v) is 5.74. The van der Waals surface area contributed by atoms with Crippen molar-refractivity contribution in [1.29, 1.82) is 0 Å². The standard InChI is InChI=1S/C15H23NO2/c1-11(14(17)18-15(2,3)4)12-8-7-9-13(10-12)16(5)6/h7-11H,1-6H3. The van der Waals surface area contributed by atoms with Crippen molar-refractivity contribution in [2.24, 2.45) is 0 Å². The fourth-order valence-corrected chi connectivity index (χ4v) is 1.60. The highest BCUT2D eigenvalue weighted by molar-refractivity contribution is 5.78. The molecular weight excluding hydrogens is 226 g/mol. The maximum atomic E-state index is 12.0. The van der Waals surface area contributed by atoms with E-state index in [2.05, 4.69) is 0 Å². The van der Waals surface area contributed by atoms with Gasteiger partial charge >= 0.3 is 5.97 Å². The molecule has 100 valence electrons. The van der Waals surface area contributed by atoms with Crippen molar-refractivity contribution in [3.63, 3.8) is 0 Å². The Labute approximate surface area is 110 Å². The van der Waals surface area contributed by atoms with Crippen LogP contribution in [-0.2, 0) is 9.53 Å². The summed E-state index contributed by atoms with van der Waals surface area (Å²) in [5.41, 5.74) is 1.63. The lowest BCUT2D eigenvalue weighted by Gasteiger charge is -2.23. The molecule has 1 rings (SSSR count). The second kappa shape index (κ2) is 5.42. The molecule has 1 atom stereocenters. The van der Waals surface area contributed by atoms with Crippen LogP contribution in [0.2, 0.25) is 0 Å². The number of anilines is 1. The average Bonchev–Trinajstić information content (AvgIpc) is 2.26. The van der Waals surface area contributed by atoms with Crippen LogP contribution in [-0.4, -0.2) is 25.7 Å². The molecule has 18 heavy (non-hydrogen) atoms. The van der Waals surface area contributed by atoms with E-state index in [4.69, 9.17) is 4.74 Å². The summed E-state index contributed by atoms with van der Waals surface area (Å²) in [7, 11) is 3.97. The molecule has 0 spiro atoms. The largest absolute Gasteiger partial charge is 0.460 e. The molecule has 3 nitrogen and oxygen atoms in total. The van der Waals surface area contributed by atoms with Crippen LogP contribution in [0.15, 0.2) is 24.3 Å². The summed E-state index contributed by atoms with van der Waals surface area (Å²) in [6, 6.07) is 7.97. The number of hydrogen-bond donors (Lipinski definition) is 0. The Kier molecular flexibility index (Phi) is 4.38. The number of ether oxygens (including phenoxy) is 1. The summed E-state index contributed by atoms with van der Waals surface area (Å²) in [6.45, 7) is 7.53. The predicted molar refractivity (Wildman–Crippen MR) is 75.0 cm³/mol. The summed E-state index contributed by atoms with van der Waals surface area (Å²) in [5, 5.41) is 0. The molecule has 0 saturated heterocycles. The van der Waals surface area contributed by atoms with Gasteiger partial charge in [0.25, 0.3) is 0 Å². The Hall–Kier alpha value is -1.51. The predicted octanol–water partition coefficient (Wildman–Crippen LogP) is 3.20. The van der Waals surface area contributed by atoms with Crippen LogP contribution in [0.5, 0.6) is 0 Å². The summed E-state index contributed by atoms with van der Waals surface area (Å²) in [6.07, 6.45) is 0. The molecule has 0 aromatic heterocycles. The lowest BCUT2D eigenvalue weighted by atomic mass is 10.0. The van der Waals surface area contributed by atoms with Gasteiger partial charge in [0.2, 0.25) is 0 Å². The molecule has 0 heterocycles. The number of carbonyl (C=O) groups is 1. The van der Waals surface area contributed by atoms with Gasteiger partial charge in [-0.15, -0.1) is 0 Å². The first-order valence-electron chi connectivity index (χ1n) is 6.21. The van der Waals surface area contributed by atoms with Gasteiger partial charge in [-0.05, 0) is 45.4 Å². The van der Waals surface area contributed by atoms with Gasteiger partial charge in [0.1, 0.15) is 5.60 Å². The molecule has 0 bridgehead atoms. The van der Waals surface area contributed by atoms with E-state index in [1.807, 2.05) is 71.0 Å². The lowest BCUT2D eigenvalue weighted by Crippen LogP contribution is -2.26. The first-order valence-corrected chi connectivity index (χ1v) is 6.21. The SMILES string of the molecule is CC(C(=O)OC(C)(C)C)c1cccc(N(C)C)c1. The third-order valence-corrected chi connectivity index (χ3v) is 2.65. The first-order chi connectivity index (χ1) is 8.20. The molecule has 0 radical (unpaired) electrons. The zero-order valence-corrected chi connectivity index (χ0v) is 12.2. The molecule has 0 aliphatic rings. The van der Waals surface area contributed by atoms with Crippen LogP contribution in [0.25, 0.3) is 0 Å². The van der Waals surface area contributed by atoms with Crippen LogP contribution in [0.3, 0.4) is 0 Å². The number of benzene rings is 1. The lowest BCUT2D eigenvalue weighted by molar-refractivity contribution is -0.156. The number of hydrogen-bond acceptors (Lipinski definition) is 3. The van der Waals surface area contributed by atoms with Gasteiger partial charge in [0.15, 0.2) is 0 Å². The maximum absolute atomic E-state index is 12.0. The number of rotatable bonds is 3. The third-order valence-electron chi connectivity index (χ3n) is 2.65. The zero-order valence-electron chi connectivity index (χ0n) is 12.2. The van der Waals surface area contributed by atoms with Crippen molar-refractivity contribution in [2.75, 3.05) is 19.0 Å². The minimum Gasteiger partial charge on any atom is -0.460 e. The smallest absolute Gasteiger partial charge is 0.313 e. The molecule has 0 amide bonds. The fourth-order valence-electron chi connectivity index (χ4n) is 1.60. The van der Waals surface area contributed by atoms with E-state index in [-0.39, 0.29) is 11.9 Å². The van der Waals surface area contributed by atoms with E-state index in [0.717, 1.165) is 11.3 Å². The first kappa shape index (κ1) is 14.6. The van der Waals surface area contributed by atoms with E-state index in [9.17, 15) is 4.79 Å². The Morgan fingerprint density at radius 3 is 2.39 bits per heavy atom. The van der Waals surface area contributed by atoms with Gasteiger partial charge in [-0.3, -0.25) is 4.79 Å². The molecule has 0 fully saturated rings. The van der Waals surface area contributed by atoms with Crippen molar-refractivity contribution >= 4 is 11.7 Å². The molecule has 0 aliphatic carbocycles. The molecular formula is C15H23NO2. The van der Waals surface area contributed by atoms with Crippen molar-refractivity contribution in [3.8, 4) is 0 Å². The molecule has 0 N–H and O–H groups in total. The van der Waals surface area contributed by atoms with E-state index in [1.54, 1.807) is 0 Å². The van der Waals surface area contributed by atoms with E-state index < -0.39 is 5.60 Å². The number of esters is 1. The zero-order chi connectivity index (χ0) is 13.9. The van der Waals surface area contributed by atoms with Crippen molar-refractivity contribution < 1.29 is 9.53 Å². The quantitative estimate of drug-likeness (QED) is 0.770. The minimum atomic E-state index is -0.440. The number of carbonyl (C=O) groups excluding carboxylic acids is 1. The monoisotopic (exact) mass is 249 g/mol. The topological polar surface area (TPSA) is 29.5 Å². The third kappa shape index (κ3) is 4.06. The normalized spacial score (nSPS) is 13.0. The van der Waals surface area contributed by atoms with Gasteiger partial charge in [0, 0.05) is 19.8 Å². The highest BCUT2D eigenvalue weighted by atomic mass is 16.6. The maximum Gasteiger partial charge on any atom is 0.313 e. The van der Waals surface area contributed by atoms with Gasteiger partial charge in [-0.2, -0.15) is 0 Å².